The maximum absolute atomic E-state index is 12.9. The molecule has 3 heterocycles. The number of pyridine rings is 3. The van der Waals surface area contributed by atoms with Crippen LogP contribution in [0.5, 0.6) is 0 Å². The summed E-state index contributed by atoms with van der Waals surface area (Å²) in [6.45, 7) is 3.65. The average Bonchev–Trinajstić information content (AvgIpc) is 2.81. The number of anilines is 1. The van der Waals surface area contributed by atoms with Crippen molar-refractivity contribution in [2.75, 3.05) is 5.32 Å². The number of halogens is 2. The lowest BCUT2D eigenvalue weighted by atomic mass is 10.1. The molecule has 3 aromatic rings. The lowest BCUT2D eigenvalue weighted by molar-refractivity contribution is 0.102. The number of carbonyl (C=O) groups excluding carboxylic acids is 1. The Bertz CT molecular complexity index is 1290. The Hall–Kier alpha value is -4.28. The first-order chi connectivity index (χ1) is 16.1. The second kappa shape index (κ2) is 10.1. The fourth-order valence-corrected chi connectivity index (χ4v) is 3.16. The van der Waals surface area contributed by atoms with Crippen molar-refractivity contribution < 1.29 is 13.6 Å². The Labute approximate surface area is 194 Å². The Morgan fingerprint density at radius 2 is 1.94 bits per heavy atom. The average molecular weight is 467 g/mol. The van der Waals surface area contributed by atoms with Crippen LogP contribution in [-0.4, -0.2) is 43.6 Å². The molecule has 0 aliphatic carbocycles. The lowest BCUT2D eigenvalue weighted by Crippen LogP contribution is -2.36. The first-order valence-corrected chi connectivity index (χ1v) is 10.2. The van der Waals surface area contributed by atoms with Crippen LogP contribution >= 0.6 is 0 Å². The second-order valence-electron chi connectivity index (χ2n) is 7.67. The van der Waals surface area contributed by atoms with Crippen molar-refractivity contribution in [1.29, 1.82) is 10.8 Å². The third kappa shape index (κ3) is 5.20. The number of carbonyl (C=O) groups is 1. The number of nitrogens with zero attached hydrogens (tertiary/aromatic N) is 4. The van der Waals surface area contributed by atoms with Gasteiger partial charge in [0.15, 0.2) is 5.84 Å². The van der Waals surface area contributed by atoms with Crippen molar-refractivity contribution >= 4 is 23.9 Å². The molecule has 0 spiro atoms. The van der Waals surface area contributed by atoms with Crippen LogP contribution in [-0.2, 0) is 7.05 Å². The van der Waals surface area contributed by atoms with E-state index >= 15 is 0 Å². The van der Waals surface area contributed by atoms with Crippen molar-refractivity contribution in [3.05, 3.63) is 76.1 Å². The smallest absolute Gasteiger partial charge is 0.280 e. The Morgan fingerprint density at radius 1 is 1.21 bits per heavy atom. The molecule has 34 heavy (non-hydrogen) atoms. The summed E-state index contributed by atoms with van der Waals surface area (Å²) in [4.78, 5) is 34.9. The summed E-state index contributed by atoms with van der Waals surface area (Å²) in [6, 6.07) is 8.53. The van der Waals surface area contributed by atoms with Crippen molar-refractivity contribution in [3.8, 4) is 11.1 Å². The molecule has 0 radical (unpaired) electrons. The molecule has 9 nitrogen and oxygen atoms in total. The third-order valence-corrected chi connectivity index (χ3v) is 4.96. The number of alkyl halides is 2. The molecule has 0 aliphatic rings. The molecule has 0 fully saturated rings. The van der Waals surface area contributed by atoms with E-state index in [0.717, 1.165) is 6.34 Å². The van der Waals surface area contributed by atoms with E-state index in [1.165, 1.54) is 53.2 Å². The lowest BCUT2D eigenvalue weighted by Gasteiger charge is -2.23. The standard InChI is InChI=1S/C23H23F2N7O2/c1-13(2)32(12-26)21(27)18-5-4-6-19(29-18)30-22(33)16-9-15(11-31(3)23(16)34)14-7-8-17(20(24)25)28-10-14/h4-13,20,26-27H,1-3H3,(H,29,30,33). The molecule has 1 amide bonds. The van der Waals surface area contributed by atoms with Crippen molar-refractivity contribution in [2.45, 2.75) is 26.3 Å². The summed E-state index contributed by atoms with van der Waals surface area (Å²) in [5, 5.41) is 18.3. The van der Waals surface area contributed by atoms with E-state index in [1.54, 1.807) is 12.1 Å². The minimum atomic E-state index is -2.70. The largest absolute Gasteiger partial charge is 0.317 e. The van der Waals surface area contributed by atoms with E-state index < -0.39 is 17.9 Å². The molecule has 0 aliphatic heterocycles. The number of rotatable bonds is 7. The highest BCUT2D eigenvalue weighted by Gasteiger charge is 2.18. The van der Waals surface area contributed by atoms with Gasteiger partial charge in [0.05, 0.1) is 6.34 Å². The summed E-state index contributed by atoms with van der Waals surface area (Å²) in [5.74, 6) is -0.612. The van der Waals surface area contributed by atoms with E-state index in [2.05, 4.69) is 15.3 Å². The van der Waals surface area contributed by atoms with Crippen molar-refractivity contribution in [1.82, 2.24) is 19.4 Å². The number of aryl methyl sites for hydroxylation is 1. The highest BCUT2D eigenvalue weighted by Crippen LogP contribution is 2.22. The molecule has 11 heteroatoms. The molecule has 3 N–H and O–H groups in total. The molecule has 3 rings (SSSR count). The van der Waals surface area contributed by atoms with Gasteiger partial charge in [-0.15, -0.1) is 0 Å². The van der Waals surface area contributed by atoms with E-state index in [9.17, 15) is 18.4 Å². The molecule has 3 aromatic heterocycles. The molecular formula is C23H23F2N7O2. The van der Waals surface area contributed by atoms with E-state index in [1.807, 2.05) is 13.8 Å². The van der Waals surface area contributed by atoms with Crippen molar-refractivity contribution in [2.24, 2.45) is 7.05 Å². The minimum Gasteiger partial charge on any atom is -0.317 e. The fraction of sp³-hybridized carbons (Fsp3) is 0.217. The predicted molar refractivity (Wildman–Crippen MR) is 125 cm³/mol. The van der Waals surface area contributed by atoms with E-state index in [4.69, 9.17) is 10.8 Å². The predicted octanol–water partition coefficient (Wildman–Crippen LogP) is 3.68. The van der Waals surface area contributed by atoms with Crippen LogP contribution < -0.4 is 10.9 Å². The van der Waals surface area contributed by atoms with Crippen LogP contribution in [0.2, 0.25) is 0 Å². The minimum absolute atomic E-state index is 0.0150. The summed E-state index contributed by atoms with van der Waals surface area (Å²) in [5.41, 5.74) is 0.0372. The number of amidine groups is 1. The zero-order valence-corrected chi connectivity index (χ0v) is 18.7. The van der Waals surface area contributed by atoms with Crippen LogP contribution in [0, 0.1) is 10.8 Å². The molecule has 0 bridgehead atoms. The summed E-state index contributed by atoms with van der Waals surface area (Å²) in [7, 11) is 1.47. The topological polar surface area (TPSA) is 128 Å². The summed E-state index contributed by atoms with van der Waals surface area (Å²) < 4.78 is 26.8. The monoisotopic (exact) mass is 467 g/mol. The molecule has 0 unspecified atom stereocenters. The molecule has 0 saturated carbocycles. The van der Waals surface area contributed by atoms with Gasteiger partial charge in [0.25, 0.3) is 17.9 Å². The zero-order chi connectivity index (χ0) is 25.0. The van der Waals surface area contributed by atoms with Gasteiger partial charge in [-0.3, -0.25) is 25.4 Å². The van der Waals surface area contributed by atoms with Gasteiger partial charge >= 0.3 is 0 Å². The highest BCUT2D eigenvalue weighted by molar-refractivity contribution is 6.05. The summed E-state index contributed by atoms with van der Waals surface area (Å²) >= 11 is 0. The molecule has 0 aromatic carbocycles. The number of amides is 1. The van der Waals surface area contributed by atoms with Crippen LogP contribution in [0.3, 0.4) is 0 Å². The van der Waals surface area contributed by atoms with Gasteiger partial charge in [0, 0.05) is 36.6 Å². The maximum atomic E-state index is 12.9. The number of hydrogen-bond donors (Lipinski definition) is 3. The van der Waals surface area contributed by atoms with Gasteiger partial charge in [-0.25, -0.2) is 13.8 Å². The molecule has 176 valence electrons. The third-order valence-electron chi connectivity index (χ3n) is 4.96. The van der Waals surface area contributed by atoms with Crippen LogP contribution in [0.4, 0.5) is 14.6 Å². The normalized spacial score (nSPS) is 10.9. The highest BCUT2D eigenvalue weighted by atomic mass is 19.3. The maximum Gasteiger partial charge on any atom is 0.280 e. The van der Waals surface area contributed by atoms with Gasteiger partial charge in [-0.2, -0.15) is 0 Å². The van der Waals surface area contributed by atoms with E-state index in [0.29, 0.717) is 11.1 Å². The second-order valence-corrected chi connectivity index (χ2v) is 7.67. The number of nitrogens with one attached hydrogen (secondary N) is 3. The Morgan fingerprint density at radius 3 is 2.53 bits per heavy atom. The zero-order valence-electron chi connectivity index (χ0n) is 18.7. The van der Waals surface area contributed by atoms with E-state index in [-0.39, 0.29) is 34.6 Å². The van der Waals surface area contributed by atoms with Gasteiger partial charge < -0.3 is 14.8 Å². The van der Waals surface area contributed by atoms with Gasteiger partial charge in [0.1, 0.15) is 22.8 Å². The number of aromatic nitrogens is 3. The fourth-order valence-electron chi connectivity index (χ4n) is 3.16. The Kier molecular flexibility index (Phi) is 7.24. The summed E-state index contributed by atoms with van der Waals surface area (Å²) in [6.07, 6.45) is 1.06. The SMILES string of the molecule is CC(C)N(C=N)C(=N)c1cccc(NC(=O)c2cc(-c3ccc(C(F)F)nc3)cn(C)c2=O)n1. The van der Waals surface area contributed by atoms with Crippen molar-refractivity contribution in [3.63, 3.8) is 0 Å². The quantitative estimate of drug-likeness (QED) is 0.361. The number of hydrogen-bond acceptors (Lipinski definition) is 6. The van der Waals surface area contributed by atoms with Crippen LogP contribution in [0.1, 0.15) is 42.0 Å². The Balaban J connectivity index is 1.90. The van der Waals surface area contributed by atoms with Crippen LogP contribution in [0.15, 0.2) is 53.6 Å². The van der Waals surface area contributed by atoms with Gasteiger partial charge in [-0.1, -0.05) is 12.1 Å². The first-order valence-electron chi connectivity index (χ1n) is 10.2. The molecular weight excluding hydrogens is 444 g/mol. The van der Waals surface area contributed by atoms with Gasteiger partial charge in [-0.05, 0) is 38.1 Å². The molecule has 0 atom stereocenters. The van der Waals surface area contributed by atoms with Gasteiger partial charge in [0.2, 0.25) is 0 Å². The molecule has 0 saturated heterocycles. The van der Waals surface area contributed by atoms with Crippen LogP contribution in [0.25, 0.3) is 11.1 Å². The first kappa shape index (κ1) is 24.4.